The molecule has 0 fully saturated rings. The summed E-state index contributed by atoms with van der Waals surface area (Å²) in [5.74, 6) is 0.537. The number of carbonyl (C=O) groups excluding carboxylic acids is 1. The molecule has 15 heavy (non-hydrogen) atoms. The lowest BCUT2D eigenvalue weighted by atomic mass is 10.1. The number of aliphatic hydroxyl groups excluding tert-OH is 1. The fourth-order valence-electron chi connectivity index (χ4n) is 1.16. The smallest absolute Gasteiger partial charge is 0.409 e. The van der Waals surface area contributed by atoms with Gasteiger partial charge in [0.15, 0.2) is 0 Å². The Morgan fingerprint density at radius 1 is 1.40 bits per heavy atom. The Balaban J connectivity index is 3.80. The van der Waals surface area contributed by atoms with Gasteiger partial charge in [-0.3, -0.25) is 0 Å². The van der Waals surface area contributed by atoms with Crippen LogP contribution in [0.3, 0.4) is 0 Å². The zero-order valence-corrected chi connectivity index (χ0v) is 10.0. The van der Waals surface area contributed by atoms with Crippen LogP contribution in [0.4, 0.5) is 4.79 Å². The van der Waals surface area contributed by atoms with Gasteiger partial charge in [-0.2, -0.15) is 0 Å². The van der Waals surface area contributed by atoms with Crippen LogP contribution in [0.25, 0.3) is 0 Å². The summed E-state index contributed by atoms with van der Waals surface area (Å²) in [4.78, 5) is 13.0. The molecule has 0 heterocycles. The van der Waals surface area contributed by atoms with Crippen molar-refractivity contribution in [2.45, 2.75) is 33.6 Å². The minimum absolute atomic E-state index is 0.0146. The van der Waals surface area contributed by atoms with Gasteiger partial charge in [0.1, 0.15) is 0 Å². The molecular weight excluding hydrogens is 194 g/mol. The Kier molecular flexibility index (Phi) is 8.09. The topological polar surface area (TPSA) is 49.8 Å². The second kappa shape index (κ2) is 8.53. The van der Waals surface area contributed by atoms with Crippen LogP contribution in [0.15, 0.2) is 0 Å². The molecule has 0 atom stereocenters. The van der Waals surface area contributed by atoms with Gasteiger partial charge in [-0.05, 0) is 18.8 Å². The molecule has 0 radical (unpaired) electrons. The largest absolute Gasteiger partial charge is 0.449 e. The Bertz CT molecular complexity index is 165. The van der Waals surface area contributed by atoms with Crippen molar-refractivity contribution in [3.05, 3.63) is 0 Å². The fourth-order valence-corrected chi connectivity index (χ4v) is 1.16. The van der Waals surface area contributed by atoms with Gasteiger partial charge in [-0.1, -0.05) is 20.8 Å². The molecule has 0 saturated carbocycles. The predicted octanol–water partition coefficient (Wildman–Crippen LogP) is 1.87. The lowest BCUT2D eigenvalue weighted by molar-refractivity contribution is 0.0905. The normalized spacial score (nSPS) is 10.5. The van der Waals surface area contributed by atoms with Crippen LogP contribution in [0, 0.1) is 5.92 Å². The highest BCUT2D eigenvalue weighted by molar-refractivity contribution is 5.67. The molecule has 0 aliphatic carbocycles. The number of carbonyl (C=O) groups is 1. The highest BCUT2D eigenvalue weighted by Gasteiger charge is 2.12. The van der Waals surface area contributed by atoms with Crippen LogP contribution in [-0.4, -0.2) is 42.4 Å². The lowest BCUT2D eigenvalue weighted by Gasteiger charge is -2.20. The highest BCUT2D eigenvalue weighted by Crippen LogP contribution is 2.02. The van der Waals surface area contributed by atoms with Crippen LogP contribution < -0.4 is 0 Å². The number of nitrogens with zero attached hydrogens (tertiary/aromatic N) is 1. The average molecular weight is 217 g/mol. The molecule has 0 spiro atoms. The Morgan fingerprint density at radius 3 is 2.53 bits per heavy atom. The Morgan fingerprint density at radius 2 is 2.07 bits per heavy atom. The maximum atomic E-state index is 11.5. The first-order valence-corrected chi connectivity index (χ1v) is 5.64. The highest BCUT2D eigenvalue weighted by atomic mass is 16.6. The lowest BCUT2D eigenvalue weighted by Crippen LogP contribution is -2.35. The van der Waals surface area contributed by atoms with E-state index in [9.17, 15) is 4.79 Å². The first-order valence-electron chi connectivity index (χ1n) is 5.64. The van der Waals surface area contributed by atoms with Crippen molar-refractivity contribution in [1.82, 2.24) is 4.90 Å². The number of hydrogen-bond acceptors (Lipinski definition) is 3. The third-order valence-corrected chi connectivity index (χ3v) is 2.04. The maximum absolute atomic E-state index is 11.5. The zero-order chi connectivity index (χ0) is 11.7. The van der Waals surface area contributed by atoms with E-state index in [-0.39, 0.29) is 12.7 Å². The summed E-state index contributed by atoms with van der Waals surface area (Å²) in [5, 5.41) is 8.78. The van der Waals surface area contributed by atoms with Gasteiger partial charge < -0.3 is 14.7 Å². The second-order valence-corrected chi connectivity index (χ2v) is 4.01. The van der Waals surface area contributed by atoms with Crippen LogP contribution in [0.2, 0.25) is 0 Å². The molecule has 0 aromatic rings. The first kappa shape index (κ1) is 14.2. The molecule has 0 aliphatic rings. The summed E-state index contributed by atoms with van der Waals surface area (Å²) in [7, 11) is 0. The molecular formula is C11H23NO3. The van der Waals surface area contributed by atoms with Crippen LogP contribution in [-0.2, 0) is 4.74 Å². The molecule has 0 saturated heterocycles. The fraction of sp³-hybridized carbons (Fsp3) is 0.909. The molecule has 0 bridgehead atoms. The van der Waals surface area contributed by atoms with E-state index < -0.39 is 0 Å². The van der Waals surface area contributed by atoms with Crippen LogP contribution in [0.1, 0.15) is 33.6 Å². The first-order chi connectivity index (χ1) is 7.11. The molecule has 0 rings (SSSR count). The van der Waals surface area contributed by atoms with Gasteiger partial charge in [0.05, 0.1) is 13.2 Å². The summed E-state index contributed by atoms with van der Waals surface area (Å²) in [6, 6.07) is 0. The third-order valence-electron chi connectivity index (χ3n) is 2.04. The van der Waals surface area contributed by atoms with E-state index in [0.29, 0.717) is 25.6 Å². The van der Waals surface area contributed by atoms with Crippen molar-refractivity contribution in [1.29, 1.82) is 0 Å². The minimum atomic E-state index is -0.313. The van der Waals surface area contributed by atoms with E-state index >= 15 is 0 Å². The summed E-state index contributed by atoms with van der Waals surface area (Å²) in [6.07, 6.45) is 1.44. The van der Waals surface area contributed by atoms with Crippen LogP contribution >= 0.6 is 0 Å². The number of ether oxygens (including phenoxy) is 1. The SMILES string of the molecule is CCCN(CCO)C(=O)OCCC(C)C. The predicted molar refractivity (Wildman–Crippen MR) is 59.8 cm³/mol. The van der Waals surface area contributed by atoms with E-state index in [1.807, 2.05) is 6.92 Å². The number of amides is 1. The number of aliphatic hydroxyl groups is 1. The molecule has 4 heteroatoms. The van der Waals surface area contributed by atoms with E-state index in [1.165, 1.54) is 0 Å². The van der Waals surface area contributed by atoms with Crippen LogP contribution in [0.5, 0.6) is 0 Å². The van der Waals surface area contributed by atoms with Gasteiger partial charge >= 0.3 is 6.09 Å². The second-order valence-electron chi connectivity index (χ2n) is 4.01. The molecule has 0 aromatic carbocycles. The Labute approximate surface area is 92.2 Å². The van der Waals surface area contributed by atoms with Gasteiger partial charge in [0, 0.05) is 13.1 Å². The number of rotatable bonds is 7. The average Bonchev–Trinajstić information content (AvgIpc) is 2.16. The molecule has 0 aromatic heterocycles. The molecule has 0 unspecified atom stereocenters. The van der Waals surface area contributed by atoms with Gasteiger partial charge in [0.2, 0.25) is 0 Å². The van der Waals surface area contributed by atoms with Crippen molar-refractivity contribution in [3.63, 3.8) is 0 Å². The molecule has 1 amide bonds. The van der Waals surface area contributed by atoms with Crippen molar-refractivity contribution < 1.29 is 14.6 Å². The molecule has 1 N–H and O–H groups in total. The summed E-state index contributed by atoms with van der Waals surface area (Å²) < 4.78 is 5.10. The van der Waals surface area contributed by atoms with E-state index in [1.54, 1.807) is 4.90 Å². The summed E-state index contributed by atoms with van der Waals surface area (Å²) in [6.45, 7) is 7.61. The Hall–Kier alpha value is -0.770. The van der Waals surface area contributed by atoms with E-state index in [2.05, 4.69) is 13.8 Å². The van der Waals surface area contributed by atoms with Crippen molar-refractivity contribution >= 4 is 6.09 Å². The minimum Gasteiger partial charge on any atom is -0.449 e. The standard InChI is InChI=1S/C11H23NO3/c1-4-6-12(7-8-13)11(14)15-9-5-10(2)3/h10,13H,4-9H2,1-3H3. The van der Waals surface area contributed by atoms with Gasteiger partial charge in [-0.25, -0.2) is 4.79 Å². The quantitative estimate of drug-likeness (QED) is 0.708. The zero-order valence-electron chi connectivity index (χ0n) is 10.0. The monoisotopic (exact) mass is 217 g/mol. The third kappa shape index (κ3) is 7.19. The summed E-state index contributed by atoms with van der Waals surface area (Å²) in [5.41, 5.74) is 0. The van der Waals surface area contributed by atoms with E-state index in [0.717, 1.165) is 12.8 Å². The number of hydrogen-bond donors (Lipinski definition) is 1. The van der Waals surface area contributed by atoms with Gasteiger partial charge in [0.25, 0.3) is 0 Å². The van der Waals surface area contributed by atoms with E-state index in [4.69, 9.17) is 9.84 Å². The van der Waals surface area contributed by atoms with Crippen molar-refractivity contribution in [2.24, 2.45) is 5.92 Å². The van der Waals surface area contributed by atoms with Crippen molar-refractivity contribution in [3.8, 4) is 0 Å². The maximum Gasteiger partial charge on any atom is 0.409 e. The van der Waals surface area contributed by atoms with Gasteiger partial charge in [-0.15, -0.1) is 0 Å². The summed E-state index contributed by atoms with van der Waals surface area (Å²) >= 11 is 0. The molecule has 4 nitrogen and oxygen atoms in total. The van der Waals surface area contributed by atoms with Crippen molar-refractivity contribution in [2.75, 3.05) is 26.3 Å². The molecule has 90 valence electrons. The molecule has 0 aliphatic heterocycles.